The highest BCUT2D eigenvalue weighted by Gasteiger charge is 2.34. The third kappa shape index (κ3) is 7.03. The number of rotatable bonds is 7. The molecule has 0 aliphatic carbocycles. The van der Waals surface area contributed by atoms with Gasteiger partial charge in [0.15, 0.2) is 10.9 Å². The van der Waals surface area contributed by atoms with E-state index in [0.29, 0.717) is 44.0 Å². The van der Waals surface area contributed by atoms with Crippen molar-refractivity contribution in [2.24, 2.45) is 0 Å². The fourth-order valence-electron chi connectivity index (χ4n) is 4.05. The molecule has 4 rings (SSSR count). The molecule has 2 heterocycles. The number of aromatic nitrogens is 2. The number of halogens is 3. The molecule has 200 valence electrons. The van der Waals surface area contributed by atoms with Crippen LogP contribution >= 0.6 is 11.8 Å². The van der Waals surface area contributed by atoms with Gasteiger partial charge >= 0.3 is 6.18 Å². The zero-order chi connectivity index (χ0) is 27.3. The number of carbonyl (C=O) groups excluding carboxylic acids is 2. The van der Waals surface area contributed by atoms with E-state index in [9.17, 15) is 22.8 Å². The molecule has 0 spiro atoms. The lowest BCUT2D eigenvalue weighted by atomic mass is 10.1. The Morgan fingerprint density at radius 2 is 1.55 bits per heavy atom. The number of nitrogens with zero attached hydrogens (tertiary/aromatic N) is 5. The largest absolute Gasteiger partial charge is 0.433 e. The molecule has 0 atom stereocenters. The Labute approximate surface area is 223 Å². The van der Waals surface area contributed by atoms with E-state index in [1.807, 2.05) is 30.3 Å². The summed E-state index contributed by atoms with van der Waals surface area (Å²) in [4.78, 5) is 37.5. The number of hydrogen-bond acceptors (Lipinski definition) is 6. The van der Waals surface area contributed by atoms with E-state index in [2.05, 4.69) is 9.97 Å². The van der Waals surface area contributed by atoms with E-state index in [1.54, 1.807) is 46.0 Å². The van der Waals surface area contributed by atoms with Crippen LogP contribution in [0.5, 0.6) is 0 Å². The molecule has 0 saturated carbocycles. The first kappa shape index (κ1) is 27.4. The van der Waals surface area contributed by atoms with Gasteiger partial charge in [-0.3, -0.25) is 9.59 Å². The minimum absolute atomic E-state index is 0.00124. The Kier molecular flexibility index (Phi) is 8.55. The molecule has 11 heteroatoms. The highest BCUT2D eigenvalue weighted by molar-refractivity contribution is 7.98. The second-order valence-corrected chi connectivity index (χ2v) is 9.96. The number of anilines is 1. The second kappa shape index (κ2) is 11.8. The van der Waals surface area contributed by atoms with Gasteiger partial charge in [0.1, 0.15) is 5.82 Å². The molecule has 1 aliphatic rings. The molecule has 2 aromatic carbocycles. The van der Waals surface area contributed by atoms with Crippen LogP contribution in [0.3, 0.4) is 0 Å². The molecule has 1 aromatic heterocycles. The minimum Gasteiger partial charge on any atom is -0.355 e. The molecule has 0 N–H and O–H groups in total. The van der Waals surface area contributed by atoms with Crippen molar-refractivity contribution in [2.75, 3.05) is 38.1 Å². The third-order valence-corrected chi connectivity index (χ3v) is 7.14. The van der Waals surface area contributed by atoms with E-state index in [4.69, 9.17) is 0 Å². The van der Waals surface area contributed by atoms with Crippen molar-refractivity contribution in [1.29, 1.82) is 0 Å². The molecular formula is C27H28F3N5O2S. The number of alkyl halides is 3. The van der Waals surface area contributed by atoms with Gasteiger partial charge in [-0.2, -0.15) is 13.2 Å². The minimum atomic E-state index is -4.60. The predicted molar refractivity (Wildman–Crippen MR) is 140 cm³/mol. The van der Waals surface area contributed by atoms with Crippen LogP contribution in [-0.4, -0.2) is 64.8 Å². The number of piperazine rings is 1. The van der Waals surface area contributed by atoms with Crippen molar-refractivity contribution < 1.29 is 22.8 Å². The number of thioether (sulfide) groups is 1. The van der Waals surface area contributed by atoms with Gasteiger partial charge in [0, 0.05) is 64.1 Å². The smallest absolute Gasteiger partial charge is 0.355 e. The lowest BCUT2D eigenvalue weighted by Crippen LogP contribution is -2.50. The van der Waals surface area contributed by atoms with Crippen LogP contribution in [0.15, 0.2) is 65.8 Å². The maximum absolute atomic E-state index is 13.6. The normalized spacial score (nSPS) is 13.9. The molecule has 38 heavy (non-hydrogen) atoms. The van der Waals surface area contributed by atoms with E-state index in [0.717, 1.165) is 29.0 Å². The Morgan fingerprint density at radius 3 is 2.16 bits per heavy atom. The first-order chi connectivity index (χ1) is 18.1. The number of carbonyl (C=O) groups is 2. The number of hydrogen-bond donors (Lipinski definition) is 0. The fourth-order valence-corrected chi connectivity index (χ4v) is 4.86. The molecule has 7 nitrogen and oxygen atoms in total. The van der Waals surface area contributed by atoms with Crippen molar-refractivity contribution in [1.82, 2.24) is 19.8 Å². The summed E-state index contributed by atoms with van der Waals surface area (Å²) >= 11 is 1.11. The van der Waals surface area contributed by atoms with Gasteiger partial charge in [0.25, 0.3) is 5.91 Å². The summed E-state index contributed by atoms with van der Waals surface area (Å²) in [6.07, 6.45) is -4.60. The van der Waals surface area contributed by atoms with Crippen LogP contribution < -0.4 is 4.90 Å². The van der Waals surface area contributed by atoms with Crippen molar-refractivity contribution >= 4 is 29.4 Å². The topological polar surface area (TPSA) is 69.6 Å². The number of benzene rings is 2. The Bertz CT molecular complexity index is 1260. The maximum atomic E-state index is 13.6. The molecule has 1 fully saturated rings. The lowest BCUT2D eigenvalue weighted by Gasteiger charge is -2.34. The van der Waals surface area contributed by atoms with Crippen LogP contribution in [-0.2, 0) is 23.3 Å². The van der Waals surface area contributed by atoms with Crippen molar-refractivity contribution in [3.8, 4) is 0 Å². The summed E-state index contributed by atoms with van der Waals surface area (Å²) in [6, 6.07) is 17.4. The highest BCUT2D eigenvalue weighted by Crippen LogP contribution is 2.32. The molecule has 0 unspecified atom stereocenters. The fraction of sp³-hybridized carbons (Fsp3) is 0.333. The van der Waals surface area contributed by atoms with Crippen LogP contribution in [0, 0.1) is 0 Å². The third-order valence-electron chi connectivity index (χ3n) is 6.22. The average molecular weight is 544 g/mol. The summed E-state index contributed by atoms with van der Waals surface area (Å²) < 4.78 is 40.7. The van der Waals surface area contributed by atoms with Crippen LogP contribution in [0.25, 0.3) is 0 Å². The zero-order valence-electron chi connectivity index (χ0n) is 21.1. The summed E-state index contributed by atoms with van der Waals surface area (Å²) in [5.41, 5.74) is 1.31. The molecule has 1 saturated heterocycles. The summed E-state index contributed by atoms with van der Waals surface area (Å²) in [5.74, 6) is 0.414. The van der Waals surface area contributed by atoms with E-state index in [-0.39, 0.29) is 22.8 Å². The van der Waals surface area contributed by atoms with Gasteiger partial charge in [-0.25, -0.2) is 9.97 Å². The van der Waals surface area contributed by atoms with Gasteiger partial charge in [-0.15, -0.1) is 0 Å². The highest BCUT2D eigenvalue weighted by atomic mass is 32.2. The Hall–Kier alpha value is -3.60. The molecule has 0 radical (unpaired) electrons. The SMILES string of the molecule is CC(=O)N1CCN(C(=O)c2ccc(CSc3nc(N(C)Cc4ccccc4)cc(C(F)(F)F)n3)cc2)CC1. The van der Waals surface area contributed by atoms with E-state index < -0.39 is 11.9 Å². The monoisotopic (exact) mass is 543 g/mol. The van der Waals surface area contributed by atoms with E-state index >= 15 is 0 Å². The standard InChI is InChI=1S/C27H28F3N5O2S/c1-19(36)34-12-14-35(15-13-34)25(37)22-10-8-21(9-11-22)18-38-26-31-23(27(28,29)30)16-24(32-26)33(2)17-20-6-4-3-5-7-20/h3-11,16H,12-15,17-18H2,1-2H3. The van der Waals surface area contributed by atoms with Crippen molar-refractivity contribution in [2.45, 2.75) is 30.6 Å². The Balaban J connectivity index is 1.42. The van der Waals surface area contributed by atoms with Crippen LogP contribution in [0.4, 0.5) is 19.0 Å². The average Bonchev–Trinajstić information content (AvgIpc) is 2.91. The zero-order valence-corrected chi connectivity index (χ0v) is 21.9. The van der Waals surface area contributed by atoms with Gasteiger partial charge in [-0.05, 0) is 23.3 Å². The molecule has 2 amide bonds. The van der Waals surface area contributed by atoms with Gasteiger partial charge in [0.05, 0.1) is 0 Å². The van der Waals surface area contributed by atoms with Gasteiger partial charge < -0.3 is 14.7 Å². The first-order valence-electron chi connectivity index (χ1n) is 12.1. The van der Waals surface area contributed by atoms with Crippen molar-refractivity contribution in [3.63, 3.8) is 0 Å². The van der Waals surface area contributed by atoms with Gasteiger partial charge in [0.2, 0.25) is 5.91 Å². The quantitative estimate of drug-likeness (QED) is 0.317. The molecule has 1 aliphatic heterocycles. The second-order valence-electron chi connectivity index (χ2n) is 9.02. The summed E-state index contributed by atoms with van der Waals surface area (Å²) in [7, 11) is 1.69. The van der Waals surface area contributed by atoms with Crippen LogP contribution in [0.1, 0.15) is 34.1 Å². The van der Waals surface area contributed by atoms with Gasteiger partial charge in [-0.1, -0.05) is 54.2 Å². The number of amides is 2. The molecule has 3 aromatic rings. The lowest BCUT2D eigenvalue weighted by molar-refractivity contribution is -0.141. The summed E-state index contributed by atoms with van der Waals surface area (Å²) in [6.45, 7) is 3.89. The predicted octanol–water partition coefficient (Wildman–Crippen LogP) is 4.73. The van der Waals surface area contributed by atoms with E-state index in [1.165, 1.54) is 6.92 Å². The first-order valence-corrected chi connectivity index (χ1v) is 13.1. The van der Waals surface area contributed by atoms with Crippen molar-refractivity contribution in [3.05, 3.63) is 83.0 Å². The molecule has 0 bridgehead atoms. The molecular weight excluding hydrogens is 515 g/mol. The maximum Gasteiger partial charge on any atom is 0.433 e. The summed E-state index contributed by atoms with van der Waals surface area (Å²) in [5, 5.41) is 0.0261. The Morgan fingerprint density at radius 1 is 0.921 bits per heavy atom. The van der Waals surface area contributed by atoms with Crippen LogP contribution in [0.2, 0.25) is 0 Å².